The van der Waals surface area contributed by atoms with Crippen molar-refractivity contribution in [1.29, 1.82) is 0 Å². The van der Waals surface area contributed by atoms with Crippen LogP contribution in [0, 0.1) is 5.92 Å². The predicted molar refractivity (Wildman–Crippen MR) is 78.1 cm³/mol. The van der Waals surface area contributed by atoms with E-state index in [1.807, 2.05) is 35.2 Å². The maximum Gasteiger partial charge on any atom is 0.253 e. The molecule has 0 atom stereocenters. The number of primary amides is 1. The number of rotatable bonds is 5. The molecule has 1 aromatic rings. The molecule has 1 aliphatic heterocycles. The van der Waals surface area contributed by atoms with E-state index in [9.17, 15) is 9.59 Å². The molecule has 108 valence electrons. The maximum atomic E-state index is 12.3. The Morgan fingerprint density at radius 3 is 2.40 bits per heavy atom. The minimum absolute atomic E-state index is 0.126. The highest BCUT2D eigenvalue weighted by Gasteiger charge is 2.23. The van der Waals surface area contributed by atoms with Gasteiger partial charge in [0.2, 0.25) is 5.91 Å². The Bertz CT molecular complexity index is 451. The van der Waals surface area contributed by atoms with E-state index in [-0.39, 0.29) is 11.8 Å². The minimum atomic E-state index is -0.221. The fourth-order valence-electron chi connectivity index (χ4n) is 2.75. The summed E-state index contributed by atoms with van der Waals surface area (Å²) in [6.45, 7) is 1.63. The third-order valence-corrected chi connectivity index (χ3v) is 3.96. The number of likely N-dealkylation sites (tertiary alicyclic amines) is 1. The lowest BCUT2D eigenvalue weighted by Gasteiger charge is -2.32. The van der Waals surface area contributed by atoms with Crippen molar-refractivity contribution < 1.29 is 9.59 Å². The Morgan fingerprint density at radius 2 is 1.80 bits per heavy atom. The van der Waals surface area contributed by atoms with Gasteiger partial charge in [-0.05, 0) is 43.7 Å². The quantitative estimate of drug-likeness (QED) is 0.894. The van der Waals surface area contributed by atoms with Crippen LogP contribution in [0.15, 0.2) is 30.3 Å². The fourth-order valence-corrected chi connectivity index (χ4v) is 2.75. The molecule has 0 aromatic heterocycles. The summed E-state index contributed by atoms with van der Waals surface area (Å²) < 4.78 is 0. The molecule has 4 heteroatoms. The van der Waals surface area contributed by atoms with Gasteiger partial charge >= 0.3 is 0 Å². The van der Waals surface area contributed by atoms with Gasteiger partial charge in [-0.3, -0.25) is 9.59 Å². The van der Waals surface area contributed by atoms with Crippen LogP contribution in [0.2, 0.25) is 0 Å². The van der Waals surface area contributed by atoms with Gasteiger partial charge in [0.25, 0.3) is 5.91 Å². The van der Waals surface area contributed by atoms with Gasteiger partial charge in [-0.25, -0.2) is 0 Å². The molecule has 2 N–H and O–H groups in total. The molecule has 0 bridgehead atoms. The second-order valence-corrected chi connectivity index (χ2v) is 5.46. The monoisotopic (exact) mass is 274 g/mol. The topological polar surface area (TPSA) is 63.4 Å². The van der Waals surface area contributed by atoms with Crippen molar-refractivity contribution in [2.75, 3.05) is 13.1 Å². The van der Waals surface area contributed by atoms with Crippen molar-refractivity contribution in [2.24, 2.45) is 11.7 Å². The standard InChI is InChI=1S/C16H22N2O2/c17-15(19)8-4-5-13-9-11-18(12-10-13)16(20)14-6-2-1-3-7-14/h1-3,6-7,13H,4-5,8-12H2,(H2,17,19). The second kappa shape index (κ2) is 7.08. The highest BCUT2D eigenvalue weighted by molar-refractivity contribution is 5.94. The van der Waals surface area contributed by atoms with Gasteiger partial charge in [0.1, 0.15) is 0 Å². The van der Waals surface area contributed by atoms with Gasteiger partial charge < -0.3 is 10.6 Å². The van der Waals surface area contributed by atoms with Crippen LogP contribution in [0.25, 0.3) is 0 Å². The number of nitrogens with zero attached hydrogens (tertiary/aromatic N) is 1. The van der Waals surface area contributed by atoms with Gasteiger partial charge in [-0.15, -0.1) is 0 Å². The highest BCUT2D eigenvalue weighted by atomic mass is 16.2. The summed E-state index contributed by atoms with van der Waals surface area (Å²) in [7, 11) is 0. The first-order valence-corrected chi connectivity index (χ1v) is 7.29. The molecule has 20 heavy (non-hydrogen) atoms. The van der Waals surface area contributed by atoms with Crippen LogP contribution < -0.4 is 5.73 Å². The third kappa shape index (κ3) is 4.08. The van der Waals surface area contributed by atoms with Crippen molar-refractivity contribution in [3.63, 3.8) is 0 Å². The van der Waals surface area contributed by atoms with E-state index in [0.29, 0.717) is 12.3 Å². The summed E-state index contributed by atoms with van der Waals surface area (Å²) in [5.74, 6) is 0.525. The van der Waals surface area contributed by atoms with Crippen LogP contribution in [0.3, 0.4) is 0 Å². The summed E-state index contributed by atoms with van der Waals surface area (Å²) in [6.07, 6.45) is 4.43. The number of hydrogen-bond donors (Lipinski definition) is 1. The smallest absolute Gasteiger partial charge is 0.253 e. The van der Waals surface area contributed by atoms with Crippen molar-refractivity contribution in [2.45, 2.75) is 32.1 Å². The van der Waals surface area contributed by atoms with Crippen LogP contribution in [0.4, 0.5) is 0 Å². The molecule has 0 saturated carbocycles. The normalized spacial score (nSPS) is 16.1. The fraction of sp³-hybridized carbons (Fsp3) is 0.500. The summed E-state index contributed by atoms with van der Waals surface area (Å²) in [4.78, 5) is 24.9. The van der Waals surface area contributed by atoms with E-state index < -0.39 is 0 Å². The molecule has 0 aliphatic carbocycles. The lowest BCUT2D eigenvalue weighted by Crippen LogP contribution is -2.38. The molecule has 1 fully saturated rings. The van der Waals surface area contributed by atoms with Crippen LogP contribution in [0.1, 0.15) is 42.5 Å². The Labute approximate surface area is 119 Å². The molecule has 2 amide bonds. The van der Waals surface area contributed by atoms with Gasteiger partial charge in [-0.2, -0.15) is 0 Å². The zero-order valence-electron chi connectivity index (χ0n) is 11.8. The lowest BCUT2D eigenvalue weighted by molar-refractivity contribution is -0.118. The predicted octanol–water partition coefficient (Wildman–Crippen LogP) is 2.19. The molecule has 2 rings (SSSR count). The number of carbonyl (C=O) groups is 2. The molecule has 0 radical (unpaired) electrons. The molecule has 4 nitrogen and oxygen atoms in total. The molecular formula is C16H22N2O2. The van der Waals surface area contributed by atoms with Crippen molar-refractivity contribution in [3.8, 4) is 0 Å². The largest absolute Gasteiger partial charge is 0.370 e. The lowest BCUT2D eigenvalue weighted by atomic mass is 9.91. The molecule has 1 heterocycles. The minimum Gasteiger partial charge on any atom is -0.370 e. The molecule has 0 spiro atoms. The molecule has 1 aliphatic rings. The SMILES string of the molecule is NC(=O)CCCC1CCN(C(=O)c2ccccc2)CC1. The van der Waals surface area contributed by atoms with Crippen molar-refractivity contribution >= 4 is 11.8 Å². The summed E-state index contributed by atoms with van der Waals surface area (Å²) in [5, 5.41) is 0. The van der Waals surface area contributed by atoms with Crippen LogP contribution in [0.5, 0.6) is 0 Å². The zero-order valence-corrected chi connectivity index (χ0v) is 11.8. The van der Waals surface area contributed by atoms with Crippen molar-refractivity contribution in [1.82, 2.24) is 4.90 Å². The maximum absolute atomic E-state index is 12.3. The number of piperidine rings is 1. The van der Waals surface area contributed by atoms with Crippen LogP contribution in [-0.4, -0.2) is 29.8 Å². The Kier molecular flexibility index (Phi) is 5.16. The van der Waals surface area contributed by atoms with E-state index in [2.05, 4.69) is 0 Å². The Hall–Kier alpha value is -1.84. The first-order valence-electron chi connectivity index (χ1n) is 7.29. The molecular weight excluding hydrogens is 252 g/mol. The first-order chi connectivity index (χ1) is 9.66. The third-order valence-electron chi connectivity index (χ3n) is 3.96. The van der Waals surface area contributed by atoms with Crippen LogP contribution in [-0.2, 0) is 4.79 Å². The highest BCUT2D eigenvalue weighted by Crippen LogP contribution is 2.23. The van der Waals surface area contributed by atoms with Gasteiger partial charge in [0.15, 0.2) is 0 Å². The van der Waals surface area contributed by atoms with Gasteiger partial charge in [0.05, 0.1) is 0 Å². The number of nitrogens with two attached hydrogens (primary N) is 1. The summed E-state index contributed by atoms with van der Waals surface area (Å²) in [6, 6.07) is 9.43. The Morgan fingerprint density at radius 1 is 1.15 bits per heavy atom. The first kappa shape index (κ1) is 14.6. The molecule has 1 aromatic carbocycles. The van der Waals surface area contributed by atoms with E-state index in [0.717, 1.165) is 44.3 Å². The van der Waals surface area contributed by atoms with E-state index >= 15 is 0 Å². The van der Waals surface area contributed by atoms with E-state index in [1.54, 1.807) is 0 Å². The number of hydrogen-bond acceptors (Lipinski definition) is 2. The molecule has 1 saturated heterocycles. The molecule has 0 unspecified atom stereocenters. The van der Waals surface area contributed by atoms with E-state index in [1.165, 1.54) is 0 Å². The number of benzene rings is 1. The number of amides is 2. The second-order valence-electron chi connectivity index (χ2n) is 5.46. The van der Waals surface area contributed by atoms with Crippen LogP contribution >= 0.6 is 0 Å². The average molecular weight is 274 g/mol. The summed E-state index contributed by atoms with van der Waals surface area (Å²) >= 11 is 0. The number of carbonyl (C=O) groups excluding carboxylic acids is 2. The summed E-state index contributed by atoms with van der Waals surface area (Å²) in [5.41, 5.74) is 5.91. The van der Waals surface area contributed by atoms with Gasteiger partial charge in [-0.1, -0.05) is 18.2 Å². The van der Waals surface area contributed by atoms with E-state index in [4.69, 9.17) is 5.73 Å². The Balaban J connectivity index is 1.77. The van der Waals surface area contributed by atoms with Crippen molar-refractivity contribution in [3.05, 3.63) is 35.9 Å². The average Bonchev–Trinajstić information content (AvgIpc) is 2.48. The van der Waals surface area contributed by atoms with Gasteiger partial charge in [0, 0.05) is 25.1 Å². The zero-order chi connectivity index (χ0) is 14.4.